The number of hydrazine groups is 2. The molecule has 358 valence electrons. The normalized spacial score (nSPS) is 30.8. The van der Waals surface area contributed by atoms with Gasteiger partial charge in [0.05, 0.1) is 30.9 Å². The predicted molar refractivity (Wildman–Crippen MR) is 244 cm³/mol. The van der Waals surface area contributed by atoms with Gasteiger partial charge in [0.1, 0.15) is 13.2 Å². The van der Waals surface area contributed by atoms with Gasteiger partial charge >= 0.3 is 12.0 Å². The zero-order valence-corrected chi connectivity index (χ0v) is 39.1. The molecule has 0 spiro atoms. The van der Waals surface area contributed by atoms with Gasteiger partial charge in [-0.2, -0.15) is 17.3 Å². The maximum absolute atomic E-state index is 12.7. The lowest BCUT2D eigenvalue weighted by atomic mass is 9.82. The van der Waals surface area contributed by atoms with E-state index in [2.05, 4.69) is 42.6 Å². The number of alkyl halides is 1. The van der Waals surface area contributed by atoms with E-state index >= 15 is 0 Å². The first-order chi connectivity index (χ1) is 30.7. The summed E-state index contributed by atoms with van der Waals surface area (Å²) in [6, 6.07) is 1.04. The summed E-state index contributed by atoms with van der Waals surface area (Å²) < 4.78 is 17.3. The van der Waals surface area contributed by atoms with Crippen LogP contribution >= 0.6 is 23.4 Å². The van der Waals surface area contributed by atoms with Gasteiger partial charge in [-0.15, -0.1) is 11.6 Å². The second kappa shape index (κ2) is 27.3. The molecule has 6 fully saturated rings. The average Bonchev–Trinajstić information content (AvgIpc) is 4.01. The third kappa shape index (κ3) is 18.1. The Balaban J connectivity index is 0.681. The fourth-order valence-corrected chi connectivity index (χ4v) is 11.9. The second-order valence-electron chi connectivity index (χ2n) is 18.8. The molecule has 6 aliphatic rings. The summed E-state index contributed by atoms with van der Waals surface area (Å²) in [4.78, 5) is 61.1. The SMILES string of the molecule is O=C(CCCC[C@H]1SC[C@@H]2NC(=O)N[C@@H]21)NCCCCCOC(=O)CCCCCN1CC(C2CCC(OCC(=O)NC3CCC(NC(=O)COC4CCC(Cl)CC4)CC3)CC2)NN1. The summed E-state index contributed by atoms with van der Waals surface area (Å²) in [7, 11) is 0. The number of urea groups is 1. The van der Waals surface area contributed by atoms with Gasteiger partial charge in [-0.05, 0) is 128 Å². The molecule has 5 amide bonds. The van der Waals surface area contributed by atoms with E-state index in [1.807, 2.05) is 11.8 Å². The number of thioether (sulfide) groups is 1. The first-order valence-corrected chi connectivity index (χ1v) is 26.0. The van der Waals surface area contributed by atoms with E-state index < -0.39 is 0 Å². The Morgan fingerprint density at radius 1 is 0.698 bits per heavy atom. The number of halogens is 1. The highest BCUT2D eigenvalue weighted by Gasteiger charge is 2.42. The lowest BCUT2D eigenvalue weighted by Crippen LogP contribution is -2.46. The van der Waals surface area contributed by atoms with Gasteiger partial charge in [0.2, 0.25) is 17.7 Å². The molecule has 4 atom stereocenters. The Morgan fingerprint density at radius 2 is 1.35 bits per heavy atom. The van der Waals surface area contributed by atoms with Crippen LogP contribution in [0.15, 0.2) is 0 Å². The van der Waals surface area contributed by atoms with Crippen molar-refractivity contribution in [3.05, 3.63) is 0 Å². The van der Waals surface area contributed by atoms with Crippen molar-refractivity contribution in [2.75, 3.05) is 45.2 Å². The third-order valence-corrected chi connectivity index (χ3v) is 15.8. The molecule has 18 heteroatoms. The molecule has 0 aromatic carbocycles. The molecule has 6 rings (SSSR count). The van der Waals surface area contributed by atoms with Crippen LogP contribution in [0.2, 0.25) is 0 Å². The molecule has 0 bridgehead atoms. The number of nitrogens with zero attached hydrogens (tertiary/aromatic N) is 1. The van der Waals surface area contributed by atoms with Gasteiger partial charge in [0, 0.05) is 67.0 Å². The van der Waals surface area contributed by atoms with Crippen LogP contribution in [0.4, 0.5) is 4.79 Å². The van der Waals surface area contributed by atoms with Crippen LogP contribution in [0, 0.1) is 5.92 Å². The fourth-order valence-electron chi connectivity index (χ4n) is 10.1. The number of unbranched alkanes of at least 4 members (excludes halogenated alkanes) is 5. The van der Waals surface area contributed by atoms with Crippen molar-refractivity contribution in [3.63, 3.8) is 0 Å². The molecule has 0 aromatic rings. The summed E-state index contributed by atoms with van der Waals surface area (Å²) in [6.07, 6.45) is 20.6. The lowest BCUT2D eigenvalue weighted by Gasteiger charge is -2.32. The first kappa shape index (κ1) is 50.0. The summed E-state index contributed by atoms with van der Waals surface area (Å²) in [5.74, 6) is 1.37. The largest absolute Gasteiger partial charge is 0.466 e. The van der Waals surface area contributed by atoms with Gasteiger partial charge in [-0.3, -0.25) is 19.2 Å². The Morgan fingerprint density at radius 3 is 2.05 bits per heavy atom. The van der Waals surface area contributed by atoms with E-state index in [1.54, 1.807) is 0 Å². The molecule has 0 radical (unpaired) electrons. The number of carbonyl (C=O) groups is 5. The van der Waals surface area contributed by atoms with Gasteiger partial charge < -0.3 is 40.8 Å². The van der Waals surface area contributed by atoms with E-state index in [9.17, 15) is 24.0 Å². The standard InChI is InChI=1S/C45H77ClN8O8S/c46-32-14-22-36(23-15-32)62-29-42(57)49-34-18-16-33(17-19-34)48-41(56)28-61-35-20-12-31(13-21-35)37-27-54(53-52-37)25-7-1-3-11-43(58)60-26-8-2-6-24-47-40(55)10-5-4-9-39-44-38(30-63-39)50-45(59)51-44/h31-39,44,52-53H,1-30H2,(H,47,55)(H,48,56)(H,49,57)(H2,50,51,59)/t31?,32?,33?,34?,35?,36?,37?,38-,39+,44-/m0/s1. The number of rotatable bonds is 26. The molecule has 3 aliphatic carbocycles. The van der Waals surface area contributed by atoms with Gasteiger partial charge in [-0.1, -0.05) is 12.8 Å². The topological polar surface area (TPSA) is 200 Å². The minimum Gasteiger partial charge on any atom is -0.466 e. The van der Waals surface area contributed by atoms with Crippen molar-refractivity contribution in [1.82, 2.24) is 42.6 Å². The third-order valence-electron chi connectivity index (χ3n) is 13.9. The first-order valence-electron chi connectivity index (χ1n) is 24.5. The minimum atomic E-state index is -0.133. The number of hydrogen-bond donors (Lipinski definition) is 7. The van der Waals surface area contributed by atoms with Crippen molar-refractivity contribution in [2.45, 2.75) is 201 Å². The Bertz CT molecular complexity index is 1430. The minimum absolute atomic E-state index is 0.0545. The molecule has 3 aliphatic heterocycles. The maximum Gasteiger partial charge on any atom is 0.315 e. The number of hydrogen-bond acceptors (Lipinski definition) is 12. The van der Waals surface area contributed by atoms with Gasteiger partial charge in [0.25, 0.3) is 0 Å². The quantitative estimate of drug-likeness (QED) is 0.0278. The van der Waals surface area contributed by atoms with Crippen LogP contribution in [-0.4, -0.2) is 133 Å². The molecule has 1 unspecified atom stereocenters. The highest BCUT2D eigenvalue weighted by Crippen LogP contribution is 2.33. The van der Waals surface area contributed by atoms with Gasteiger partial charge in [-0.25, -0.2) is 15.2 Å². The highest BCUT2D eigenvalue weighted by molar-refractivity contribution is 8.00. The molecule has 3 saturated carbocycles. The Hall–Kier alpha value is -2.41. The zero-order chi connectivity index (χ0) is 44.2. The van der Waals surface area contributed by atoms with Crippen LogP contribution in [0.1, 0.15) is 148 Å². The van der Waals surface area contributed by atoms with Crippen molar-refractivity contribution >= 4 is 53.1 Å². The van der Waals surface area contributed by atoms with Crippen LogP contribution in [0.25, 0.3) is 0 Å². The van der Waals surface area contributed by atoms with E-state index in [0.29, 0.717) is 43.2 Å². The van der Waals surface area contributed by atoms with E-state index in [-0.39, 0.29) is 84.7 Å². The molecule has 16 nitrogen and oxygen atoms in total. The fraction of sp³-hybridized carbons (Fsp3) is 0.889. The van der Waals surface area contributed by atoms with Crippen LogP contribution < -0.4 is 37.5 Å². The molecule has 7 N–H and O–H groups in total. The predicted octanol–water partition coefficient (Wildman–Crippen LogP) is 4.48. The summed E-state index contributed by atoms with van der Waals surface area (Å²) in [5, 5.41) is 18.2. The van der Waals surface area contributed by atoms with E-state index in [4.69, 9.17) is 25.8 Å². The number of ether oxygens (including phenoxy) is 3. The maximum atomic E-state index is 12.7. The number of amides is 5. The molecule has 0 aromatic heterocycles. The Kier molecular flexibility index (Phi) is 21.7. The zero-order valence-electron chi connectivity index (χ0n) is 37.5. The van der Waals surface area contributed by atoms with E-state index in [0.717, 1.165) is 154 Å². The molecular formula is C45H77ClN8O8S. The Labute approximate surface area is 384 Å². The van der Waals surface area contributed by atoms with Crippen LogP contribution in [-0.2, 0) is 33.4 Å². The summed E-state index contributed by atoms with van der Waals surface area (Å²) in [5.41, 5.74) is 6.83. The van der Waals surface area contributed by atoms with Crippen LogP contribution in [0.5, 0.6) is 0 Å². The lowest BCUT2D eigenvalue weighted by molar-refractivity contribution is -0.144. The summed E-state index contributed by atoms with van der Waals surface area (Å²) >= 11 is 8.08. The molecule has 3 heterocycles. The van der Waals surface area contributed by atoms with Crippen molar-refractivity contribution < 1.29 is 38.2 Å². The molecule has 3 saturated heterocycles. The monoisotopic (exact) mass is 925 g/mol. The van der Waals surface area contributed by atoms with E-state index in [1.165, 1.54) is 0 Å². The average molecular weight is 926 g/mol. The van der Waals surface area contributed by atoms with Crippen molar-refractivity contribution in [2.24, 2.45) is 5.92 Å². The van der Waals surface area contributed by atoms with Crippen molar-refractivity contribution in [1.29, 1.82) is 0 Å². The summed E-state index contributed by atoms with van der Waals surface area (Å²) in [6.45, 7) is 3.14. The van der Waals surface area contributed by atoms with Crippen molar-refractivity contribution in [3.8, 4) is 0 Å². The smallest absolute Gasteiger partial charge is 0.315 e. The number of carbonyl (C=O) groups excluding carboxylic acids is 5. The number of fused-ring (bicyclic) bond motifs is 1. The number of nitrogens with one attached hydrogen (secondary N) is 7. The van der Waals surface area contributed by atoms with Crippen LogP contribution in [0.3, 0.4) is 0 Å². The molecular weight excluding hydrogens is 848 g/mol. The van der Waals surface area contributed by atoms with Gasteiger partial charge in [0.15, 0.2) is 0 Å². The highest BCUT2D eigenvalue weighted by atomic mass is 35.5. The molecule has 63 heavy (non-hydrogen) atoms. The second-order valence-corrected chi connectivity index (χ2v) is 20.7. The number of esters is 1.